The summed E-state index contributed by atoms with van der Waals surface area (Å²) in [5.74, 6) is -0.840. The molecule has 0 aliphatic carbocycles. The molecule has 4 N–H and O–H groups in total. The summed E-state index contributed by atoms with van der Waals surface area (Å²) in [6.07, 6.45) is -0.884. The minimum Gasteiger partial charge on any atom is -0.352 e. The van der Waals surface area contributed by atoms with Gasteiger partial charge in [0, 0.05) is 31.9 Å². The van der Waals surface area contributed by atoms with E-state index < -0.39 is 28.1 Å². The number of amides is 3. The van der Waals surface area contributed by atoms with Crippen LogP contribution < -0.4 is 16.4 Å². The van der Waals surface area contributed by atoms with E-state index in [2.05, 4.69) is 10.6 Å². The van der Waals surface area contributed by atoms with Crippen molar-refractivity contribution in [2.45, 2.75) is 25.3 Å². The number of urea groups is 1. The summed E-state index contributed by atoms with van der Waals surface area (Å²) in [7, 11) is -3.88. The van der Waals surface area contributed by atoms with E-state index in [9.17, 15) is 18.0 Å². The van der Waals surface area contributed by atoms with Crippen molar-refractivity contribution in [1.82, 2.24) is 14.5 Å². The van der Waals surface area contributed by atoms with Crippen LogP contribution in [0.15, 0.2) is 54.6 Å². The fourth-order valence-corrected chi connectivity index (χ4v) is 5.26. The molecule has 2 aromatic carbocycles. The molecule has 3 amide bonds. The van der Waals surface area contributed by atoms with Gasteiger partial charge in [-0.1, -0.05) is 48.0 Å². The lowest BCUT2D eigenvalue weighted by Crippen LogP contribution is -2.64. The zero-order valence-electron chi connectivity index (χ0n) is 18.0. The number of hydrogen-bond donors (Lipinski definition) is 3. The van der Waals surface area contributed by atoms with Gasteiger partial charge in [-0.3, -0.25) is 9.69 Å². The number of benzene rings is 2. The summed E-state index contributed by atoms with van der Waals surface area (Å²) in [6, 6.07) is 15.4. The molecule has 3 rings (SSSR count). The SMILES string of the molecule is Cc1ccc(NC(=O)N2CCCN(S(=O)(=O)Cc3ccccc3)C2C(=O)NCCN)cc1. The van der Waals surface area contributed by atoms with Crippen molar-refractivity contribution < 1.29 is 18.0 Å². The number of anilines is 1. The molecule has 2 aromatic rings. The van der Waals surface area contributed by atoms with Gasteiger partial charge in [-0.15, -0.1) is 0 Å². The monoisotopic (exact) mass is 459 g/mol. The number of sulfonamides is 1. The maximum atomic E-state index is 13.3. The van der Waals surface area contributed by atoms with E-state index in [-0.39, 0.29) is 31.9 Å². The topological polar surface area (TPSA) is 125 Å². The number of rotatable bonds is 7. The molecule has 0 spiro atoms. The molecule has 1 saturated heterocycles. The molecule has 0 radical (unpaired) electrons. The second-order valence-corrected chi connectivity index (χ2v) is 9.57. The molecule has 1 fully saturated rings. The third-order valence-electron chi connectivity index (χ3n) is 5.14. The minimum absolute atomic E-state index is 0.143. The van der Waals surface area contributed by atoms with E-state index in [1.54, 1.807) is 42.5 Å². The number of nitrogens with zero attached hydrogens (tertiary/aromatic N) is 2. The zero-order chi connectivity index (χ0) is 23.1. The fraction of sp³-hybridized carbons (Fsp3) is 0.364. The molecule has 32 heavy (non-hydrogen) atoms. The molecule has 172 valence electrons. The van der Waals surface area contributed by atoms with Crippen molar-refractivity contribution in [3.05, 3.63) is 65.7 Å². The van der Waals surface area contributed by atoms with Gasteiger partial charge in [0.1, 0.15) is 0 Å². The number of nitrogens with two attached hydrogens (primary N) is 1. The Hall–Kier alpha value is -2.95. The second kappa shape index (κ2) is 10.6. The summed E-state index contributed by atoms with van der Waals surface area (Å²) in [5, 5.41) is 5.39. The molecule has 10 heteroatoms. The van der Waals surface area contributed by atoms with Crippen LogP contribution in [0.3, 0.4) is 0 Å². The Balaban J connectivity index is 1.87. The highest BCUT2D eigenvalue weighted by molar-refractivity contribution is 7.88. The number of hydrogen-bond acceptors (Lipinski definition) is 5. The van der Waals surface area contributed by atoms with Gasteiger partial charge in [-0.25, -0.2) is 13.2 Å². The van der Waals surface area contributed by atoms with Gasteiger partial charge >= 0.3 is 6.03 Å². The summed E-state index contributed by atoms with van der Waals surface area (Å²) in [5.41, 5.74) is 7.71. The first-order valence-electron chi connectivity index (χ1n) is 10.5. The zero-order valence-corrected chi connectivity index (χ0v) is 18.8. The van der Waals surface area contributed by atoms with Crippen LogP contribution in [-0.2, 0) is 20.6 Å². The Morgan fingerprint density at radius 3 is 2.41 bits per heavy atom. The van der Waals surface area contributed by atoms with Crippen molar-refractivity contribution in [2.24, 2.45) is 5.73 Å². The van der Waals surface area contributed by atoms with Crippen LogP contribution >= 0.6 is 0 Å². The molecule has 1 atom stereocenters. The second-order valence-electron chi connectivity index (χ2n) is 7.65. The standard InChI is InChI=1S/C22H29N5O4S/c1-17-8-10-19(11-9-17)25-22(29)26-14-5-15-27(21(26)20(28)24-13-12-23)32(30,31)16-18-6-3-2-4-7-18/h2-4,6-11,21H,5,12-16,23H2,1H3,(H,24,28)(H,25,29). The highest BCUT2D eigenvalue weighted by Gasteiger charge is 2.43. The maximum absolute atomic E-state index is 13.3. The molecule has 1 unspecified atom stereocenters. The highest BCUT2D eigenvalue weighted by Crippen LogP contribution is 2.23. The van der Waals surface area contributed by atoms with E-state index in [0.29, 0.717) is 17.7 Å². The first kappa shape index (κ1) is 23.7. The largest absolute Gasteiger partial charge is 0.352 e. The van der Waals surface area contributed by atoms with Crippen LogP contribution in [0.1, 0.15) is 17.5 Å². The Morgan fingerprint density at radius 1 is 1.06 bits per heavy atom. The van der Waals surface area contributed by atoms with Crippen molar-refractivity contribution in [1.29, 1.82) is 0 Å². The smallest absolute Gasteiger partial charge is 0.323 e. The molecule has 9 nitrogen and oxygen atoms in total. The third-order valence-corrected chi connectivity index (χ3v) is 6.93. The van der Waals surface area contributed by atoms with Crippen molar-refractivity contribution in [3.8, 4) is 0 Å². The van der Waals surface area contributed by atoms with Crippen LogP contribution in [-0.4, -0.2) is 61.9 Å². The molecule has 0 aromatic heterocycles. The van der Waals surface area contributed by atoms with Crippen LogP contribution in [0.25, 0.3) is 0 Å². The van der Waals surface area contributed by atoms with E-state index in [4.69, 9.17) is 5.73 Å². The lowest BCUT2D eigenvalue weighted by molar-refractivity contribution is -0.130. The van der Waals surface area contributed by atoms with E-state index >= 15 is 0 Å². The van der Waals surface area contributed by atoms with Gasteiger partial charge in [-0.05, 0) is 31.0 Å². The molecule has 0 saturated carbocycles. The first-order valence-corrected chi connectivity index (χ1v) is 12.1. The van der Waals surface area contributed by atoms with Gasteiger partial charge in [0.05, 0.1) is 5.75 Å². The third kappa shape index (κ3) is 5.84. The average Bonchev–Trinajstić information content (AvgIpc) is 2.78. The average molecular weight is 460 g/mol. The van der Waals surface area contributed by atoms with Gasteiger partial charge < -0.3 is 16.4 Å². The molecule has 0 bridgehead atoms. The number of aryl methyl sites for hydroxylation is 1. The van der Waals surface area contributed by atoms with Crippen LogP contribution in [0.2, 0.25) is 0 Å². The molecule has 1 aliphatic rings. The van der Waals surface area contributed by atoms with Crippen molar-refractivity contribution in [2.75, 3.05) is 31.5 Å². The van der Waals surface area contributed by atoms with Gasteiger partial charge in [0.25, 0.3) is 5.91 Å². The minimum atomic E-state index is -3.88. The lowest BCUT2D eigenvalue weighted by Gasteiger charge is -2.41. The summed E-state index contributed by atoms with van der Waals surface area (Å²) in [4.78, 5) is 27.3. The lowest BCUT2D eigenvalue weighted by atomic mass is 10.2. The summed E-state index contributed by atoms with van der Waals surface area (Å²) >= 11 is 0. The Labute approximate surface area is 188 Å². The van der Waals surface area contributed by atoms with Crippen molar-refractivity contribution >= 4 is 27.6 Å². The Bertz CT molecular complexity index is 1030. The fourth-order valence-electron chi connectivity index (χ4n) is 3.56. The van der Waals surface area contributed by atoms with Gasteiger partial charge in [0.15, 0.2) is 6.17 Å². The number of carbonyl (C=O) groups is 2. The van der Waals surface area contributed by atoms with Crippen LogP contribution in [0.5, 0.6) is 0 Å². The van der Waals surface area contributed by atoms with E-state index in [0.717, 1.165) is 9.87 Å². The summed E-state index contributed by atoms with van der Waals surface area (Å²) in [6.45, 7) is 2.70. The quantitative estimate of drug-likeness (QED) is 0.578. The molecular formula is C22H29N5O4S. The first-order chi connectivity index (χ1) is 15.3. The highest BCUT2D eigenvalue weighted by atomic mass is 32.2. The van der Waals surface area contributed by atoms with Crippen molar-refractivity contribution in [3.63, 3.8) is 0 Å². The predicted octanol–water partition coefficient (Wildman–Crippen LogP) is 1.47. The molecule has 1 heterocycles. The predicted molar refractivity (Wildman–Crippen MR) is 123 cm³/mol. The molecular weight excluding hydrogens is 430 g/mol. The Kier molecular flexibility index (Phi) is 7.84. The summed E-state index contributed by atoms with van der Waals surface area (Å²) < 4.78 is 27.7. The van der Waals surface area contributed by atoms with E-state index in [1.807, 2.05) is 19.1 Å². The van der Waals surface area contributed by atoms with Crippen LogP contribution in [0.4, 0.5) is 10.5 Å². The Morgan fingerprint density at radius 2 is 1.75 bits per heavy atom. The maximum Gasteiger partial charge on any atom is 0.323 e. The normalized spacial score (nSPS) is 17.1. The number of carbonyl (C=O) groups excluding carboxylic acids is 2. The molecule has 1 aliphatic heterocycles. The van der Waals surface area contributed by atoms with Crippen LogP contribution in [0, 0.1) is 6.92 Å². The number of nitrogens with one attached hydrogen (secondary N) is 2. The van der Waals surface area contributed by atoms with Gasteiger partial charge in [-0.2, -0.15) is 4.31 Å². The van der Waals surface area contributed by atoms with Gasteiger partial charge in [0.2, 0.25) is 10.0 Å². The van der Waals surface area contributed by atoms with E-state index in [1.165, 1.54) is 4.90 Å².